The van der Waals surface area contributed by atoms with Crippen LogP contribution in [-0.4, -0.2) is 65.2 Å². The molecule has 0 saturated heterocycles. The Labute approximate surface area is 142 Å². The Morgan fingerprint density at radius 2 is 2.08 bits per heavy atom. The van der Waals surface area contributed by atoms with E-state index in [4.69, 9.17) is 4.74 Å². The maximum Gasteiger partial charge on any atom is 0.274 e. The largest absolute Gasteiger partial charge is 0.375 e. The van der Waals surface area contributed by atoms with Gasteiger partial charge in [-0.2, -0.15) is 5.10 Å². The summed E-state index contributed by atoms with van der Waals surface area (Å²) in [6.07, 6.45) is 6.44. The van der Waals surface area contributed by atoms with E-state index in [-0.39, 0.29) is 18.4 Å². The normalized spacial score (nSPS) is 18.3. The van der Waals surface area contributed by atoms with Crippen molar-refractivity contribution >= 4 is 11.8 Å². The summed E-state index contributed by atoms with van der Waals surface area (Å²) in [6.45, 7) is 1.12. The van der Waals surface area contributed by atoms with Crippen molar-refractivity contribution in [3.63, 3.8) is 0 Å². The molecule has 0 radical (unpaired) electrons. The lowest BCUT2D eigenvalue weighted by Crippen LogP contribution is -2.41. The molecule has 7 nitrogen and oxygen atoms in total. The van der Waals surface area contributed by atoms with E-state index in [1.807, 2.05) is 11.9 Å². The van der Waals surface area contributed by atoms with Crippen LogP contribution in [0.1, 0.15) is 53.8 Å². The summed E-state index contributed by atoms with van der Waals surface area (Å²) < 4.78 is 4.93. The maximum absolute atomic E-state index is 12.9. The van der Waals surface area contributed by atoms with Crippen molar-refractivity contribution in [1.82, 2.24) is 20.0 Å². The molecule has 1 aliphatic carbocycles. The number of amides is 2. The number of nitrogens with one attached hydrogen (secondary N) is 1. The number of ether oxygens (including phenoxy) is 1. The highest BCUT2D eigenvalue weighted by Gasteiger charge is 2.31. The minimum Gasteiger partial charge on any atom is -0.375 e. The van der Waals surface area contributed by atoms with Crippen LogP contribution in [0.3, 0.4) is 0 Å². The first-order chi connectivity index (χ1) is 11.6. The predicted molar refractivity (Wildman–Crippen MR) is 88.6 cm³/mol. The summed E-state index contributed by atoms with van der Waals surface area (Å²) in [6, 6.07) is 0.299. The number of methoxy groups -OCH3 is 1. The molecule has 0 spiro atoms. The van der Waals surface area contributed by atoms with Gasteiger partial charge in [0.1, 0.15) is 6.61 Å². The van der Waals surface area contributed by atoms with Crippen LogP contribution in [0.25, 0.3) is 0 Å². The Hall–Kier alpha value is -1.89. The van der Waals surface area contributed by atoms with Gasteiger partial charge in [-0.1, -0.05) is 19.3 Å². The first-order valence-corrected chi connectivity index (χ1v) is 8.71. The maximum atomic E-state index is 12.9. The first-order valence-electron chi connectivity index (χ1n) is 8.71. The average Bonchev–Trinajstić information content (AvgIpc) is 3.04. The SMILES string of the molecule is COCC(=O)N1CCc2[nH]nc(C(=O)N(C)C3CCCCC3)c2C1. The number of fused-ring (bicyclic) bond motifs is 1. The van der Waals surface area contributed by atoms with Gasteiger partial charge in [0.15, 0.2) is 5.69 Å². The number of carbonyl (C=O) groups is 2. The zero-order valence-electron chi connectivity index (χ0n) is 14.5. The van der Waals surface area contributed by atoms with Crippen LogP contribution >= 0.6 is 0 Å². The molecule has 7 heteroatoms. The Kier molecular flexibility index (Phi) is 5.18. The van der Waals surface area contributed by atoms with Crippen molar-refractivity contribution in [3.05, 3.63) is 17.0 Å². The number of hydrogen-bond acceptors (Lipinski definition) is 4. The summed E-state index contributed by atoms with van der Waals surface area (Å²) in [5.41, 5.74) is 2.29. The topological polar surface area (TPSA) is 78.5 Å². The molecule has 132 valence electrons. The molecule has 2 amide bonds. The van der Waals surface area contributed by atoms with Crippen LogP contribution < -0.4 is 0 Å². The van der Waals surface area contributed by atoms with Gasteiger partial charge < -0.3 is 14.5 Å². The van der Waals surface area contributed by atoms with E-state index < -0.39 is 0 Å². The van der Waals surface area contributed by atoms with Crippen molar-refractivity contribution in [3.8, 4) is 0 Å². The minimum absolute atomic E-state index is 0.0413. The summed E-state index contributed by atoms with van der Waals surface area (Å²) >= 11 is 0. The predicted octanol–water partition coefficient (Wildman–Crippen LogP) is 1.35. The summed E-state index contributed by atoms with van der Waals surface area (Å²) in [5, 5.41) is 7.26. The Morgan fingerprint density at radius 1 is 1.33 bits per heavy atom. The Balaban J connectivity index is 1.75. The second kappa shape index (κ2) is 7.34. The molecule has 1 fully saturated rings. The molecule has 0 bridgehead atoms. The fourth-order valence-electron chi connectivity index (χ4n) is 3.70. The molecular weight excluding hydrogens is 308 g/mol. The van der Waals surface area contributed by atoms with Gasteiger partial charge in [-0.15, -0.1) is 0 Å². The van der Waals surface area contributed by atoms with Gasteiger partial charge in [-0.3, -0.25) is 14.7 Å². The number of rotatable bonds is 4. The number of carbonyl (C=O) groups excluding carboxylic acids is 2. The molecule has 1 aromatic heterocycles. The highest BCUT2D eigenvalue weighted by molar-refractivity contribution is 5.94. The smallest absolute Gasteiger partial charge is 0.274 e. The summed E-state index contributed by atoms with van der Waals surface area (Å²) in [4.78, 5) is 28.5. The van der Waals surface area contributed by atoms with E-state index >= 15 is 0 Å². The minimum atomic E-state index is -0.0524. The zero-order valence-corrected chi connectivity index (χ0v) is 14.5. The fraction of sp³-hybridized carbons (Fsp3) is 0.706. The van der Waals surface area contributed by atoms with Gasteiger partial charge in [0.25, 0.3) is 5.91 Å². The van der Waals surface area contributed by atoms with Gasteiger partial charge in [-0.25, -0.2) is 0 Å². The fourth-order valence-corrected chi connectivity index (χ4v) is 3.70. The third-order valence-electron chi connectivity index (χ3n) is 5.20. The Morgan fingerprint density at radius 3 is 2.79 bits per heavy atom. The molecule has 0 aromatic carbocycles. The van der Waals surface area contributed by atoms with Gasteiger partial charge in [0, 0.05) is 51.0 Å². The molecule has 3 rings (SSSR count). The number of aromatic amines is 1. The number of hydrogen-bond donors (Lipinski definition) is 1. The molecule has 24 heavy (non-hydrogen) atoms. The molecule has 1 N–H and O–H groups in total. The van der Waals surface area contributed by atoms with Crippen LogP contribution in [0.5, 0.6) is 0 Å². The van der Waals surface area contributed by atoms with E-state index in [9.17, 15) is 9.59 Å². The van der Waals surface area contributed by atoms with E-state index in [1.165, 1.54) is 26.4 Å². The molecule has 0 unspecified atom stereocenters. The molecule has 1 saturated carbocycles. The van der Waals surface area contributed by atoms with Crippen molar-refractivity contribution in [2.45, 2.75) is 51.1 Å². The number of H-pyrrole nitrogens is 1. The third kappa shape index (κ3) is 3.31. The van der Waals surface area contributed by atoms with E-state index in [1.54, 1.807) is 4.90 Å². The van der Waals surface area contributed by atoms with Crippen LogP contribution in [0.15, 0.2) is 0 Å². The average molecular weight is 334 g/mol. The van der Waals surface area contributed by atoms with Crippen molar-refractivity contribution < 1.29 is 14.3 Å². The molecule has 0 atom stereocenters. The first kappa shape index (κ1) is 17.0. The standard InChI is InChI=1S/C17H26N4O3/c1-20(12-6-4-3-5-7-12)17(23)16-13-10-21(15(22)11-24-2)9-8-14(13)18-19-16/h12H,3-11H2,1-2H3,(H,18,19). The quantitative estimate of drug-likeness (QED) is 0.901. The molecule has 2 aliphatic rings. The lowest BCUT2D eigenvalue weighted by Gasteiger charge is -2.31. The molecule has 2 heterocycles. The van der Waals surface area contributed by atoms with Crippen LogP contribution in [0.2, 0.25) is 0 Å². The number of aromatic nitrogens is 2. The monoisotopic (exact) mass is 334 g/mol. The highest BCUT2D eigenvalue weighted by atomic mass is 16.5. The van der Waals surface area contributed by atoms with Gasteiger partial charge in [0.05, 0.1) is 0 Å². The van der Waals surface area contributed by atoms with Crippen molar-refractivity contribution in [2.75, 3.05) is 27.3 Å². The zero-order chi connectivity index (χ0) is 17.1. The highest BCUT2D eigenvalue weighted by Crippen LogP contribution is 2.25. The second-order valence-electron chi connectivity index (χ2n) is 6.74. The van der Waals surface area contributed by atoms with Gasteiger partial charge >= 0.3 is 0 Å². The molecule has 1 aliphatic heterocycles. The third-order valence-corrected chi connectivity index (χ3v) is 5.20. The van der Waals surface area contributed by atoms with Crippen LogP contribution in [0, 0.1) is 0 Å². The van der Waals surface area contributed by atoms with E-state index in [0.29, 0.717) is 31.2 Å². The van der Waals surface area contributed by atoms with Crippen molar-refractivity contribution in [1.29, 1.82) is 0 Å². The lowest BCUT2D eigenvalue weighted by molar-refractivity contribution is -0.136. The number of nitrogens with zero attached hydrogens (tertiary/aromatic N) is 3. The second-order valence-corrected chi connectivity index (χ2v) is 6.74. The van der Waals surface area contributed by atoms with Crippen LogP contribution in [-0.2, 0) is 22.5 Å². The van der Waals surface area contributed by atoms with Crippen LogP contribution in [0.4, 0.5) is 0 Å². The van der Waals surface area contributed by atoms with Gasteiger partial charge in [-0.05, 0) is 12.8 Å². The van der Waals surface area contributed by atoms with Crippen molar-refractivity contribution in [2.24, 2.45) is 0 Å². The molecular formula is C17H26N4O3. The summed E-state index contributed by atoms with van der Waals surface area (Å²) in [7, 11) is 3.38. The molecule has 1 aromatic rings. The van der Waals surface area contributed by atoms with E-state index in [0.717, 1.165) is 24.1 Å². The Bertz CT molecular complexity index is 607. The van der Waals surface area contributed by atoms with Gasteiger partial charge in [0.2, 0.25) is 5.91 Å². The lowest BCUT2D eigenvalue weighted by atomic mass is 9.94. The summed E-state index contributed by atoms with van der Waals surface area (Å²) in [5.74, 6) is -0.0937. The van der Waals surface area contributed by atoms with E-state index in [2.05, 4.69) is 10.2 Å².